The second kappa shape index (κ2) is 7.44. The van der Waals surface area contributed by atoms with Crippen LogP contribution in [0, 0.1) is 5.92 Å². The molecule has 2 bridgehead atoms. The van der Waals surface area contributed by atoms with Crippen LogP contribution in [0.5, 0.6) is 5.75 Å². The van der Waals surface area contributed by atoms with Crippen LogP contribution >= 0.6 is 0 Å². The van der Waals surface area contributed by atoms with Crippen LogP contribution < -0.4 is 4.74 Å². The van der Waals surface area contributed by atoms with Crippen LogP contribution in [0.25, 0.3) is 0 Å². The van der Waals surface area contributed by atoms with E-state index in [1.165, 1.54) is 31.5 Å². The fourth-order valence-corrected chi connectivity index (χ4v) is 3.79. The summed E-state index contributed by atoms with van der Waals surface area (Å²) < 4.78 is 10.6. The van der Waals surface area contributed by atoms with E-state index in [9.17, 15) is 5.11 Å². The van der Waals surface area contributed by atoms with Crippen molar-refractivity contribution in [2.45, 2.75) is 37.8 Å². The van der Waals surface area contributed by atoms with E-state index >= 15 is 0 Å². The first-order valence-corrected chi connectivity index (χ1v) is 8.40. The summed E-state index contributed by atoms with van der Waals surface area (Å²) in [6.07, 6.45) is 4.28. The quantitative estimate of drug-likeness (QED) is 0.783. The molecule has 1 aromatic carbocycles. The third kappa shape index (κ3) is 3.62. The summed E-state index contributed by atoms with van der Waals surface area (Å²) in [6.45, 7) is 3.52. The summed E-state index contributed by atoms with van der Waals surface area (Å²) in [5, 5.41) is 10.4. The maximum Gasteiger partial charge on any atom is 0.119 e. The van der Waals surface area contributed by atoms with Crippen molar-refractivity contribution in [1.82, 2.24) is 4.90 Å². The Bertz CT molecular complexity index is 452. The van der Waals surface area contributed by atoms with Crippen molar-refractivity contribution in [3.8, 4) is 5.75 Å². The Labute approximate surface area is 133 Å². The molecule has 1 N–H and O–H groups in total. The van der Waals surface area contributed by atoms with Gasteiger partial charge in [-0.15, -0.1) is 0 Å². The Morgan fingerprint density at radius 3 is 2.50 bits per heavy atom. The molecule has 1 aromatic rings. The predicted molar refractivity (Wildman–Crippen MR) is 86.2 cm³/mol. The Balaban J connectivity index is 1.49. The lowest BCUT2D eigenvalue weighted by Crippen LogP contribution is -2.57. The van der Waals surface area contributed by atoms with E-state index in [0.717, 1.165) is 18.6 Å². The highest BCUT2D eigenvalue weighted by Crippen LogP contribution is 2.34. The topological polar surface area (TPSA) is 41.9 Å². The number of aliphatic hydroxyl groups is 1. The van der Waals surface area contributed by atoms with Crippen molar-refractivity contribution in [3.05, 3.63) is 29.8 Å². The van der Waals surface area contributed by atoms with Gasteiger partial charge in [-0.3, -0.25) is 4.90 Å². The first-order valence-electron chi connectivity index (χ1n) is 8.40. The van der Waals surface area contributed by atoms with Gasteiger partial charge in [0.2, 0.25) is 0 Å². The Morgan fingerprint density at radius 1 is 1.14 bits per heavy atom. The zero-order chi connectivity index (χ0) is 15.4. The van der Waals surface area contributed by atoms with Gasteiger partial charge in [-0.2, -0.15) is 0 Å². The van der Waals surface area contributed by atoms with Crippen LogP contribution in [0.2, 0.25) is 0 Å². The third-order valence-electron chi connectivity index (χ3n) is 5.13. The van der Waals surface area contributed by atoms with Crippen LogP contribution in [0.1, 0.15) is 24.8 Å². The maximum absolute atomic E-state index is 10.4. The predicted octanol–water partition coefficient (Wildman–Crippen LogP) is 2.10. The van der Waals surface area contributed by atoms with Gasteiger partial charge in [0.25, 0.3) is 0 Å². The van der Waals surface area contributed by atoms with Crippen molar-refractivity contribution in [3.63, 3.8) is 0 Å². The fraction of sp³-hybridized carbons (Fsp3) is 0.667. The summed E-state index contributed by atoms with van der Waals surface area (Å²) in [4.78, 5) is 2.48. The molecule has 22 heavy (non-hydrogen) atoms. The Kier molecular flexibility index (Phi) is 5.34. The van der Waals surface area contributed by atoms with E-state index in [4.69, 9.17) is 9.47 Å². The molecule has 3 aliphatic rings. The number of aliphatic hydroxyl groups excluding tert-OH is 1. The molecule has 2 atom stereocenters. The number of methoxy groups -OCH3 is 1. The second-order valence-corrected chi connectivity index (χ2v) is 6.46. The minimum Gasteiger partial charge on any atom is -0.491 e. The summed E-state index contributed by atoms with van der Waals surface area (Å²) in [5.74, 6) is 1.42. The Hall–Kier alpha value is -1.10. The second-order valence-electron chi connectivity index (χ2n) is 6.46. The van der Waals surface area contributed by atoms with Gasteiger partial charge in [0, 0.05) is 13.2 Å². The number of fused-ring (bicyclic) bond motifs is 3. The standard InChI is InChI=1S/C18H27NO3/c1-21-12-13-22-16-5-2-14(3-6-16)4-7-17-18(20)15-8-10-19(17)11-9-15/h2-3,5-6,15,17-18,20H,4,7-13H2,1H3. The molecule has 122 valence electrons. The Morgan fingerprint density at radius 2 is 1.86 bits per heavy atom. The molecule has 3 heterocycles. The molecule has 2 unspecified atom stereocenters. The highest BCUT2D eigenvalue weighted by atomic mass is 16.5. The van der Waals surface area contributed by atoms with Crippen molar-refractivity contribution >= 4 is 0 Å². The van der Waals surface area contributed by atoms with Crippen molar-refractivity contribution in [2.24, 2.45) is 5.92 Å². The summed E-state index contributed by atoms with van der Waals surface area (Å²) in [5.41, 5.74) is 1.31. The lowest BCUT2D eigenvalue weighted by Gasteiger charge is -2.49. The van der Waals surface area contributed by atoms with E-state index in [0.29, 0.717) is 25.2 Å². The van der Waals surface area contributed by atoms with Crippen LogP contribution in [-0.2, 0) is 11.2 Å². The molecule has 3 aliphatic heterocycles. The number of rotatable bonds is 7. The van der Waals surface area contributed by atoms with Crippen molar-refractivity contribution < 1.29 is 14.6 Å². The smallest absolute Gasteiger partial charge is 0.119 e. The highest BCUT2D eigenvalue weighted by molar-refractivity contribution is 5.27. The number of aryl methyl sites for hydroxylation is 1. The van der Waals surface area contributed by atoms with Gasteiger partial charge in [0.15, 0.2) is 0 Å². The van der Waals surface area contributed by atoms with Gasteiger partial charge >= 0.3 is 0 Å². The first-order chi connectivity index (χ1) is 10.8. The zero-order valence-electron chi connectivity index (χ0n) is 13.4. The fourth-order valence-electron chi connectivity index (χ4n) is 3.79. The molecule has 0 radical (unpaired) electrons. The van der Waals surface area contributed by atoms with Gasteiger partial charge in [0.1, 0.15) is 12.4 Å². The minimum atomic E-state index is -0.126. The number of hydrogen-bond donors (Lipinski definition) is 1. The van der Waals surface area contributed by atoms with Gasteiger partial charge in [-0.1, -0.05) is 12.1 Å². The molecule has 0 saturated carbocycles. The molecular weight excluding hydrogens is 278 g/mol. The van der Waals surface area contributed by atoms with Gasteiger partial charge < -0.3 is 14.6 Å². The molecule has 4 nitrogen and oxygen atoms in total. The van der Waals surface area contributed by atoms with Gasteiger partial charge in [-0.25, -0.2) is 0 Å². The summed E-state index contributed by atoms with van der Waals surface area (Å²) in [6, 6.07) is 8.66. The van der Waals surface area contributed by atoms with Crippen LogP contribution in [0.15, 0.2) is 24.3 Å². The number of piperidine rings is 3. The van der Waals surface area contributed by atoms with E-state index in [2.05, 4.69) is 17.0 Å². The third-order valence-corrected chi connectivity index (χ3v) is 5.13. The monoisotopic (exact) mass is 305 g/mol. The van der Waals surface area contributed by atoms with Gasteiger partial charge in [0.05, 0.1) is 12.7 Å². The molecule has 4 rings (SSSR count). The van der Waals surface area contributed by atoms with Crippen LogP contribution in [0.4, 0.5) is 0 Å². The average Bonchev–Trinajstić information content (AvgIpc) is 2.56. The molecule has 4 heteroatoms. The summed E-state index contributed by atoms with van der Waals surface area (Å²) >= 11 is 0. The number of hydrogen-bond acceptors (Lipinski definition) is 4. The largest absolute Gasteiger partial charge is 0.491 e. The van der Waals surface area contributed by atoms with Crippen molar-refractivity contribution in [1.29, 1.82) is 0 Å². The average molecular weight is 305 g/mol. The van der Waals surface area contributed by atoms with E-state index in [1.54, 1.807) is 7.11 Å². The minimum absolute atomic E-state index is 0.126. The number of ether oxygens (including phenoxy) is 2. The molecule has 0 aliphatic carbocycles. The SMILES string of the molecule is COCCOc1ccc(CCC2C(O)C3CCN2CC3)cc1. The molecular formula is C18H27NO3. The molecule has 3 fully saturated rings. The molecule has 3 saturated heterocycles. The van der Waals surface area contributed by atoms with Crippen LogP contribution in [-0.4, -0.2) is 55.6 Å². The maximum atomic E-state index is 10.4. The van der Waals surface area contributed by atoms with E-state index < -0.39 is 0 Å². The van der Waals surface area contributed by atoms with Crippen LogP contribution in [0.3, 0.4) is 0 Å². The summed E-state index contributed by atoms with van der Waals surface area (Å²) in [7, 11) is 1.68. The first kappa shape index (κ1) is 15.8. The number of benzene rings is 1. The molecule has 0 spiro atoms. The van der Waals surface area contributed by atoms with E-state index in [1.807, 2.05) is 12.1 Å². The van der Waals surface area contributed by atoms with E-state index in [-0.39, 0.29) is 6.10 Å². The van der Waals surface area contributed by atoms with Gasteiger partial charge in [-0.05, 0) is 62.4 Å². The molecule has 0 amide bonds. The number of nitrogens with zero attached hydrogens (tertiary/aromatic N) is 1. The van der Waals surface area contributed by atoms with Crippen molar-refractivity contribution in [2.75, 3.05) is 33.4 Å². The lowest BCUT2D eigenvalue weighted by atomic mass is 9.79. The highest BCUT2D eigenvalue weighted by Gasteiger charge is 2.40. The normalized spacial score (nSPS) is 30.5. The zero-order valence-corrected chi connectivity index (χ0v) is 13.4. The molecule has 0 aromatic heterocycles. The lowest BCUT2D eigenvalue weighted by molar-refractivity contribution is -0.0744.